The fourth-order valence-corrected chi connectivity index (χ4v) is 11.8. The topological polar surface area (TPSA) is 222 Å². The van der Waals surface area contributed by atoms with E-state index in [1.54, 1.807) is 56.2 Å². The summed E-state index contributed by atoms with van der Waals surface area (Å²) >= 11 is 0. The predicted octanol–water partition coefficient (Wildman–Crippen LogP) is 4.85. The van der Waals surface area contributed by atoms with E-state index in [0.717, 1.165) is 89.9 Å². The Bertz CT molecular complexity index is 1880. The number of carbonyl (C=O) groups excluding carboxylic acids is 7. The summed E-state index contributed by atoms with van der Waals surface area (Å²) in [4.78, 5) is 111. The predicted molar refractivity (Wildman–Crippen MR) is 243 cm³/mol. The maximum absolute atomic E-state index is 14.0. The van der Waals surface area contributed by atoms with Gasteiger partial charge in [0.25, 0.3) is 0 Å². The van der Waals surface area contributed by atoms with Gasteiger partial charge in [-0.05, 0) is 118 Å². The third kappa shape index (κ3) is 11.8. The summed E-state index contributed by atoms with van der Waals surface area (Å²) in [5.74, 6) is -2.99. The lowest BCUT2D eigenvalue weighted by atomic mass is 9.83. The molecular weight excluding hydrogens is 865 g/mol. The standard InChI is InChI=1S/C25H39N3O6.C24H37N3O6/c1-25(2,3)34-24(32)26-19(15-8-6-5-7-9-15)22(30)27-13-12-18-20(27)17(23(31)33-4)14-28(18)21(29)16-10-11-16;1-24(2,3)33-23(32)25-18(14-7-5-4-6-8-14)21(29)26-12-11-17-19(26)16(22(30)31)13-27(17)20(28)15-9-10-15/h15-20H,5-14H2,1-4H3,(H,26,32);14-19H,4-13H2,1-3H3,(H,25,32)(H,30,31)/t17?,18-,19+,20-;16?,17-,18+,19-/m11/s1. The van der Waals surface area contributed by atoms with Crippen molar-refractivity contribution in [3.05, 3.63) is 0 Å². The highest BCUT2D eigenvalue weighted by atomic mass is 16.6. The van der Waals surface area contributed by atoms with Gasteiger partial charge in [0.2, 0.25) is 23.6 Å². The third-order valence-corrected chi connectivity index (χ3v) is 15.2. The third-order valence-electron chi connectivity index (χ3n) is 15.2. The van der Waals surface area contributed by atoms with Crippen LogP contribution in [0.2, 0.25) is 0 Å². The lowest BCUT2D eigenvalue weighted by Crippen LogP contribution is -2.56. The number of likely N-dealkylation sites (tertiary alicyclic amines) is 4. The van der Waals surface area contributed by atoms with Crippen molar-refractivity contribution in [1.29, 1.82) is 0 Å². The van der Waals surface area contributed by atoms with E-state index in [4.69, 9.17) is 14.2 Å². The minimum absolute atomic E-state index is 0.00627. The molecule has 4 aliphatic carbocycles. The Balaban J connectivity index is 0.000000199. The van der Waals surface area contributed by atoms with E-state index in [1.807, 2.05) is 4.90 Å². The van der Waals surface area contributed by atoms with Crippen LogP contribution in [0.4, 0.5) is 9.59 Å². The minimum Gasteiger partial charge on any atom is -0.481 e. The van der Waals surface area contributed by atoms with Gasteiger partial charge in [-0.1, -0.05) is 38.5 Å². The van der Waals surface area contributed by atoms with Crippen molar-refractivity contribution in [2.45, 2.75) is 192 Å². The van der Waals surface area contributed by atoms with Crippen LogP contribution in [0.15, 0.2) is 0 Å². The van der Waals surface area contributed by atoms with Gasteiger partial charge in [0.15, 0.2) is 0 Å². The molecule has 4 saturated carbocycles. The second kappa shape index (κ2) is 20.5. The Labute approximate surface area is 395 Å². The summed E-state index contributed by atoms with van der Waals surface area (Å²) in [7, 11) is 1.35. The molecule has 18 heteroatoms. The number of nitrogens with one attached hydrogen (secondary N) is 2. The van der Waals surface area contributed by atoms with Crippen LogP contribution in [0.5, 0.6) is 0 Å². The van der Waals surface area contributed by atoms with Crippen LogP contribution < -0.4 is 10.6 Å². The van der Waals surface area contributed by atoms with Gasteiger partial charge in [-0.2, -0.15) is 0 Å². The number of carboxylic acids is 1. The van der Waals surface area contributed by atoms with E-state index in [1.165, 1.54) is 7.11 Å². The number of amides is 6. The summed E-state index contributed by atoms with van der Waals surface area (Å²) in [6.07, 6.45) is 13.1. The summed E-state index contributed by atoms with van der Waals surface area (Å²) < 4.78 is 16.0. The number of carbonyl (C=O) groups is 8. The quantitative estimate of drug-likeness (QED) is 0.198. The molecule has 8 rings (SSSR count). The smallest absolute Gasteiger partial charge is 0.408 e. The fourth-order valence-electron chi connectivity index (χ4n) is 11.8. The Hall–Kier alpha value is -4.64. The van der Waals surface area contributed by atoms with Gasteiger partial charge in [-0.25, -0.2) is 9.59 Å². The Morgan fingerprint density at radius 2 is 0.896 bits per heavy atom. The highest BCUT2D eigenvalue weighted by molar-refractivity contribution is 5.90. The van der Waals surface area contributed by atoms with Crippen molar-refractivity contribution in [2.24, 2.45) is 35.5 Å². The molecule has 18 nitrogen and oxygen atoms in total. The van der Waals surface area contributed by atoms with E-state index in [2.05, 4.69) is 10.6 Å². The molecule has 3 N–H and O–H groups in total. The molecule has 4 saturated heterocycles. The molecule has 0 aromatic rings. The molecule has 2 unspecified atom stereocenters. The first-order chi connectivity index (χ1) is 31.7. The molecule has 0 radical (unpaired) electrons. The first-order valence-electron chi connectivity index (χ1n) is 25.2. The van der Waals surface area contributed by atoms with Crippen molar-refractivity contribution in [3.8, 4) is 0 Å². The molecule has 4 heterocycles. The molecule has 0 aromatic heterocycles. The summed E-state index contributed by atoms with van der Waals surface area (Å²) in [5.41, 5.74) is -1.36. The van der Waals surface area contributed by atoms with E-state index < -0.39 is 71.3 Å². The van der Waals surface area contributed by atoms with Crippen molar-refractivity contribution in [1.82, 2.24) is 30.2 Å². The van der Waals surface area contributed by atoms with Crippen LogP contribution in [0.25, 0.3) is 0 Å². The molecule has 4 aliphatic heterocycles. The molecule has 6 amide bonds. The van der Waals surface area contributed by atoms with Gasteiger partial charge < -0.3 is 49.6 Å². The van der Waals surface area contributed by atoms with E-state index in [-0.39, 0.29) is 72.5 Å². The zero-order valence-electron chi connectivity index (χ0n) is 40.8. The van der Waals surface area contributed by atoms with Gasteiger partial charge in [-0.3, -0.25) is 28.8 Å². The second-order valence-electron chi connectivity index (χ2n) is 22.4. The molecule has 8 atom stereocenters. The minimum atomic E-state index is -0.981. The molecule has 8 aliphatic rings. The lowest BCUT2D eigenvalue weighted by molar-refractivity contribution is -0.149. The zero-order valence-corrected chi connectivity index (χ0v) is 40.8. The molecule has 8 fully saturated rings. The summed E-state index contributed by atoms with van der Waals surface area (Å²) in [6.45, 7) is 12.0. The van der Waals surface area contributed by atoms with Crippen molar-refractivity contribution in [2.75, 3.05) is 33.3 Å². The van der Waals surface area contributed by atoms with Gasteiger partial charge in [0, 0.05) is 38.0 Å². The number of hydrogen-bond acceptors (Lipinski definition) is 11. The maximum atomic E-state index is 14.0. The highest BCUT2D eigenvalue weighted by Crippen LogP contribution is 2.43. The number of rotatable bonds is 10. The zero-order chi connectivity index (χ0) is 48.5. The Morgan fingerprint density at radius 1 is 0.522 bits per heavy atom. The van der Waals surface area contributed by atoms with Crippen LogP contribution in [0, 0.1) is 35.5 Å². The van der Waals surface area contributed by atoms with Crippen molar-refractivity contribution in [3.63, 3.8) is 0 Å². The molecule has 0 aromatic carbocycles. The van der Waals surface area contributed by atoms with Gasteiger partial charge in [0.05, 0.1) is 43.1 Å². The second-order valence-corrected chi connectivity index (χ2v) is 22.4. The number of fused-ring (bicyclic) bond motifs is 2. The number of methoxy groups -OCH3 is 1. The number of hydrogen-bond donors (Lipinski definition) is 3. The van der Waals surface area contributed by atoms with E-state index in [0.29, 0.717) is 25.9 Å². The number of aliphatic carboxylic acids is 1. The van der Waals surface area contributed by atoms with E-state index in [9.17, 15) is 43.5 Å². The highest BCUT2D eigenvalue weighted by Gasteiger charge is 2.58. The van der Waals surface area contributed by atoms with Crippen LogP contribution >= 0.6 is 0 Å². The normalized spacial score (nSPS) is 28.6. The molecular formula is C49H76N6O12. The lowest BCUT2D eigenvalue weighted by Gasteiger charge is -2.36. The average Bonchev–Trinajstić information content (AvgIpc) is 4.15. The SMILES string of the molecule is CC(C)(C)OC(=O)N[C@H](C(=O)N1CC[C@@H]2[C@H]1C(C(=O)O)CN2C(=O)C1CC1)C1CCCCC1.COC(=O)C1CN(C(=O)C2CC2)[C@@H]2CCN(C(=O)[C@@H](NC(=O)OC(C)(C)C)C3CCCCC3)[C@H]12. The monoisotopic (exact) mass is 941 g/mol. The van der Waals surface area contributed by atoms with Crippen LogP contribution in [0.3, 0.4) is 0 Å². The number of carboxylic acid groups (broad SMARTS) is 1. The number of ether oxygens (including phenoxy) is 3. The van der Waals surface area contributed by atoms with Crippen molar-refractivity contribution < 1.29 is 57.7 Å². The Kier molecular flexibility index (Phi) is 15.4. The molecule has 67 heavy (non-hydrogen) atoms. The molecule has 0 spiro atoms. The fraction of sp³-hybridized carbons (Fsp3) is 0.837. The molecule has 0 bridgehead atoms. The van der Waals surface area contributed by atoms with Crippen molar-refractivity contribution >= 4 is 47.8 Å². The summed E-state index contributed by atoms with van der Waals surface area (Å²) in [6, 6.07) is -2.88. The average molecular weight is 941 g/mol. The van der Waals surface area contributed by atoms with E-state index >= 15 is 0 Å². The van der Waals surface area contributed by atoms with Crippen LogP contribution in [0.1, 0.15) is 144 Å². The number of alkyl carbamates (subject to hydrolysis) is 2. The summed E-state index contributed by atoms with van der Waals surface area (Å²) in [5, 5.41) is 15.6. The van der Waals surface area contributed by atoms with Gasteiger partial charge >= 0.3 is 24.1 Å². The molecule has 374 valence electrons. The number of esters is 1. The van der Waals surface area contributed by atoms with Gasteiger partial charge in [0.1, 0.15) is 23.3 Å². The maximum Gasteiger partial charge on any atom is 0.408 e. The largest absolute Gasteiger partial charge is 0.481 e. The first kappa shape index (κ1) is 50.2. The first-order valence-corrected chi connectivity index (χ1v) is 25.2. The van der Waals surface area contributed by atoms with Crippen LogP contribution in [-0.2, 0) is 43.0 Å². The van der Waals surface area contributed by atoms with Crippen LogP contribution in [-0.4, -0.2) is 153 Å². The number of nitrogens with zero attached hydrogens (tertiary/aromatic N) is 4. The van der Waals surface area contributed by atoms with Gasteiger partial charge in [-0.15, -0.1) is 0 Å². The Morgan fingerprint density at radius 3 is 1.24 bits per heavy atom.